The summed E-state index contributed by atoms with van der Waals surface area (Å²) in [5.74, 6) is -1.23. The zero-order valence-electron chi connectivity index (χ0n) is 10.1. The Balaban J connectivity index is 2.46. The van der Waals surface area contributed by atoms with Crippen LogP contribution < -0.4 is 5.73 Å². The number of halogens is 3. The first kappa shape index (κ1) is 15.3. The molecule has 0 amide bonds. The Morgan fingerprint density at radius 2 is 1.95 bits per heavy atom. The Morgan fingerprint density at radius 3 is 2.65 bits per heavy atom. The Kier molecular flexibility index (Phi) is 4.36. The maximum atomic E-state index is 13.8. The quantitative estimate of drug-likeness (QED) is 0.827. The van der Waals surface area contributed by atoms with Crippen LogP contribution in [0, 0.1) is 5.82 Å². The predicted octanol–water partition coefficient (Wildman–Crippen LogP) is 3.80. The fraction of sp³-hybridized carbons (Fsp3) is 0.0769. The van der Waals surface area contributed by atoms with E-state index in [9.17, 15) is 12.8 Å². The van der Waals surface area contributed by atoms with E-state index in [1.807, 2.05) is 0 Å². The largest absolute Gasteiger partial charge is 0.398 e. The van der Waals surface area contributed by atoms with E-state index in [4.69, 9.17) is 17.3 Å². The Labute approximate surface area is 129 Å². The molecule has 0 saturated carbocycles. The number of nitrogen functional groups attached to an aromatic ring is 1. The van der Waals surface area contributed by atoms with Gasteiger partial charge in [-0.15, -0.1) is 0 Å². The SMILES string of the molecule is Nc1ccc(Br)cc1S(=O)(=O)Cc1cccc(Cl)c1F. The van der Waals surface area contributed by atoms with Gasteiger partial charge in [0.15, 0.2) is 9.84 Å². The van der Waals surface area contributed by atoms with Crippen molar-refractivity contribution in [3.05, 3.63) is 57.3 Å². The first-order chi connectivity index (χ1) is 9.31. The van der Waals surface area contributed by atoms with Crippen molar-refractivity contribution in [3.8, 4) is 0 Å². The number of benzene rings is 2. The number of hydrogen-bond donors (Lipinski definition) is 1. The molecule has 2 rings (SSSR count). The Bertz CT molecular complexity index is 765. The smallest absolute Gasteiger partial charge is 0.184 e. The van der Waals surface area contributed by atoms with Crippen LogP contribution in [0.1, 0.15) is 5.56 Å². The highest BCUT2D eigenvalue weighted by Gasteiger charge is 2.21. The van der Waals surface area contributed by atoms with Gasteiger partial charge in [0.2, 0.25) is 0 Å². The molecule has 2 aromatic rings. The molecule has 0 heterocycles. The third kappa shape index (κ3) is 3.13. The lowest BCUT2D eigenvalue weighted by atomic mass is 10.2. The fourth-order valence-electron chi connectivity index (χ4n) is 1.72. The fourth-order valence-corrected chi connectivity index (χ4v) is 3.95. The average molecular weight is 379 g/mol. The Hall–Kier alpha value is -1.11. The van der Waals surface area contributed by atoms with Crippen LogP contribution in [0.5, 0.6) is 0 Å². The molecule has 2 N–H and O–H groups in total. The van der Waals surface area contributed by atoms with Gasteiger partial charge in [0.05, 0.1) is 21.4 Å². The van der Waals surface area contributed by atoms with E-state index in [0.29, 0.717) is 4.47 Å². The van der Waals surface area contributed by atoms with Crippen LogP contribution in [0.3, 0.4) is 0 Å². The van der Waals surface area contributed by atoms with Crippen molar-refractivity contribution in [2.45, 2.75) is 10.6 Å². The average Bonchev–Trinajstić information content (AvgIpc) is 2.37. The van der Waals surface area contributed by atoms with Gasteiger partial charge in [-0.3, -0.25) is 0 Å². The van der Waals surface area contributed by atoms with E-state index in [1.54, 1.807) is 6.07 Å². The van der Waals surface area contributed by atoms with Crippen molar-refractivity contribution in [2.75, 3.05) is 5.73 Å². The van der Waals surface area contributed by atoms with Crippen molar-refractivity contribution in [1.29, 1.82) is 0 Å². The van der Waals surface area contributed by atoms with Crippen LogP contribution in [0.15, 0.2) is 45.8 Å². The molecule has 0 radical (unpaired) electrons. The highest BCUT2D eigenvalue weighted by Crippen LogP contribution is 2.28. The molecule has 0 saturated heterocycles. The summed E-state index contributed by atoms with van der Waals surface area (Å²) in [6, 6.07) is 8.75. The minimum Gasteiger partial charge on any atom is -0.398 e. The molecule has 7 heteroatoms. The number of anilines is 1. The number of sulfone groups is 1. The van der Waals surface area contributed by atoms with Gasteiger partial charge in [0.25, 0.3) is 0 Å². The summed E-state index contributed by atoms with van der Waals surface area (Å²) in [5.41, 5.74) is 5.81. The molecule has 106 valence electrons. The summed E-state index contributed by atoms with van der Waals surface area (Å²) in [5, 5.41) is -0.111. The van der Waals surface area contributed by atoms with E-state index in [-0.39, 0.29) is 21.2 Å². The molecule has 0 bridgehead atoms. The summed E-state index contributed by atoms with van der Waals surface area (Å²) < 4.78 is 39.0. The number of hydrogen-bond acceptors (Lipinski definition) is 3. The van der Waals surface area contributed by atoms with Gasteiger partial charge in [-0.25, -0.2) is 12.8 Å². The summed E-state index contributed by atoms with van der Waals surface area (Å²) in [7, 11) is -3.76. The third-order valence-corrected chi connectivity index (χ3v) is 5.19. The van der Waals surface area contributed by atoms with Gasteiger partial charge in [-0.05, 0) is 24.3 Å². The molecular weight excluding hydrogens is 369 g/mol. The molecule has 0 unspecified atom stereocenters. The molecule has 0 aliphatic rings. The molecule has 0 aliphatic carbocycles. The van der Waals surface area contributed by atoms with Crippen molar-refractivity contribution in [1.82, 2.24) is 0 Å². The van der Waals surface area contributed by atoms with Crippen LogP contribution in [0.2, 0.25) is 5.02 Å². The van der Waals surface area contributed by atoms with Gasteiger partial charge in [-0.1, -0.05) is 39.7 Å². The lowest BCUT2D eigenvalue weighted by molar-refractivity contribution is 0.587. The van der Waals surface area contributed by atoms with Crippen LogP contribution >= 0.6 is 27.5 Å². The van der Waals surface area contributed by atoms with Gasteiger partial charge < -0.3 is 5.73 Å². The minimum absolute atomic E-state index is 0.0110. The van der Waals surface area contributed by atoms with Crippen LogP contribution in [0.4, 0.5) is 10.1 Å². The summed E-state index contributed by atoms with van der Waals surface area (Å²) in [6.45, 7) is 0. The van der Waals surface area contributed by atoms with Crippen molar-refractivity contribution < 1.29 is 12.8 Å². The van der Waals surface area contributed by atoms with Crippen molar-refractivity contribution in [2.24, 2.45) is 0 Å². The van der Waals surface area contributed by atoms with Crippen LogP contribution in [-0.2, 0) is 15.6 Å². The Morgan fingerprint density at radius 1 is 1.25 bits per heavy atom. The van der Waals surface area contributed by atoms with Crippen LogP contribution in [0.25, 0.3) is 0 Å². The summed E-state index contributed by atoms with van der Waals surface area (Å²) in [4.78, 5) is -0.0359. The normalized spacial score (nSPS) is 11.6. The molecule has 0 aromatic heterocycles. The molecule has 0 fully saturated rings. The third-order valence-electron chi connectivity index (χ3n) is 2.69. The predicted molar refractivity (Wildman–Crippen MR) is 80.9 cm³/mol. The lowest BCUT2D eigenvalue weighted by Crippen LogP contribution is -2.09. The minimum atomic E-state index is -3.76. The second-order valence-electron chi connectivity index (χ2n) is 4.15. The second kappa shape index (κ2) is 5.71. The zero-order chi connectivity index (χ0) is 14.9. The zero-order valence-corrected chi connectivity index (χ0v) is 13.3. The van der Waals surface area contributed by atoms with E-state index in [2.05, 4.69) is 15.9 Å². The van der Waals surface area contributed by atoms with Crippen molar-refractivity contribution in [3.63, 3.8) is 0 Å². The van der Waals surface area contributed by atoms with Crippen molar-refractivity contribution >= 4 is 43.1 Å². The highest BCUT2D eigenvalue weighted by atomic mass is 79.9. The maximum absolute atomic E-state index is 13.8. The number of nitrogens with two attached hydrogens (primary N) is 1. The number of rotatable bonds is 3. The van der Waals surface area contributed by atoms with E-state index in [1.165, 1.54) is 30.3 Å². The van der Waals surface area contributed by atoms with Gasteiger partial charge >= 0.3 is 0 Å². The molecule has 3 nitrogen and oxygen atoms in total. The van der Waals surface area contributed by atoms with E-state index < -0.39 is 21.4 Å². The van der Waals surface area contributed by atoms with E-state index in [0.717, 1.165) is 0 Å². The molecule has 0 aliphatic heterocycles. The first-order valence-electron chi connectivity index (χ1n) is 5.52. The monoisotopic (exact) mass is 377 g/mol. The summed E-state index contributed by atoms with van der Waals surface area (Å²) >= 11 is 8.83. The standard InChI is InChI=1S/C13H10BrClFNO2S/c14-9-4-5-11(17)12(6-9)20(18,19)7-8-2-1-3-10(15)13(8)16/h1-6H,7,17H2. The maximum Gasteiger partial charge on any atom is 0.184 e. The molecule has 0 atom stereocenters. The van der Waals surface area contributed by atoms with E-state index >= 15 is 0 Å². The molecule has 0 spiro atoms. The first-order valence-corrected chi connectivity index (χ1v) is 8.34. The molecular formula is C13H10BrClFNO2S. The van der Waals surface area contributed by atoms with Gasteiger partial charge in [-0.2, -0.15) is 0 Å². The van der Waals surface area contributed by atoms with Gasteiger partial charge in [0.1, 0.15) is 5.82 Å². The highest BCUT2D eigenvalue weighted by molar-refractivity contribution is 9.10. The summed E-state index contributed by atoms with van der Waals surface area (Å²) in [6.07, 6.45) is 0. The lowest BCUT2D eigenvalue weighted by Gasteiger charge is -2.09. The second-order valence-corrected chi connectivity index (χ2v) is 7.44. The topological polar surface area (TPSA) is 60.2 Å². The van der Waals surface area contributed by atoms with Gasteiger partial charge in [0, 0.05) is 10.0 Å². The molecule has 20 heavy (non-hydrogen) atoms. The molecule has 2 aromatic carbocycles. The van der Waals surface area contributed by atoms with Crippen LogP contribution in [-0.4, -0.2) is 8.42 Å².